The van der Waals surface area contributed by atoms with Crippen molar-refractivity contribution in [1.82, 2.24) is 0 Å². The van der Waals surface area contributed by atoms with Crippen LogP contribution in [0, 0.1) is 6.92 Å². The monoisotopic (exact) mass is 412 g/mol. The lowest BCUT2D eigenvalue weighted by Gasteiger charge is -2.44. The van der Waals surface area contributed by atoms with E-state index in [9.17, 15) is 8.42 Å². The molecule has 1 aromatic carbocycles. The Labute approximate surface area is 167 Å². The van der Waals surface area contributed by atoms with Gasteiger partial charge in [0, 0.05) is 0 Å². The van der Waals surface area contributed by atoms with Gasteiger partial charge in [-0.25, -0.2) is 0 Å². The Morgan fingerprint density at radius 3 is 2.00 bits per heavy atom. The third kappa shape index (κ3) is 6.56. The standard InChI is InChI=1S/C21H36O4SSi/c1-9-21(10-2,25-27(7,8)20(4,5)6)16-11-17-24-26(22,23)19-14-12-18(3)13-15-19/h11-16H,9-10,17H2,1-8H3. The molecule has 4 nitrogen and oxygen atoms in total. The van der Waals surface area contributed by atoms with E-state index in [0.717, 1.165) is 18.4 Å². The fourth-order valence-electron chi connectivity index (χ4n) is 2.49. The first-order valence-electron chi connectivity index (χ1n) is 9.62. The van der Waals surface area contributed by atoms with Crippen LogP contribution in [0.1, 0.15) is 53.0 Å². The number of rotatable bonds is 9. The molecule has 154 valence electrons. The number of hydrogen-bond donors (Lipinski definition) is 0. The van der Waals surface area contributed by atoms with E-state index in [1.165, 1.54) is 0 Å². The van der Waals surface area contributed by atoms with E-state index in [2.05, 4.69) is 47.7 Å². The Hall–Kier alpha value is -0.953. The molecule has 1 rings (SSSR count). The van der Waals surface area contributed by atoms with Gasteiger partial charge in [-0.1, -0.05) is 64.5 Å². The Kier molecular flexibility index (Phi) is 8.06. The predicted octanol–water partition coefficient (Wildman–Crippen LogP) is 5.84. The van der Waals surface area contributed by atoms with Crippen molar-refractivity contribution in [2.45, 2.75) is 83.0 Å². The average Bonchev–Trinajstić information content (AvgIpc) is 2.57. The summed E-state index contributed by atoms with van der Waals surface area (Å²) in [5.41, 5.74) is 0.618. The molecular weight excluding hydrogens is 376 g/mol. The summed E-state index contributed by atoms with van der Waals surface area (Å²) < 4.78 is 36.4. The fourth-order valence-corrected chi connectivity index (χ4v) is 5.03. The second kappa shape index (κ2) is 9.03. The minimum atomic E-state index is -3.75. The molecule has 27 heavy (non-hydrogen) atoms. The molecule has 0 N–H and O–H groups in total. The summed E-state index contributed by atoms with van der Waals surface area (Å²) in [6.07, 6.45) is 5.42. The second-order valence-corrected chi connectivity index (χ2v) is 14.9. The van der Waals surface area contributed by atoms with Crippen molar-refractivity contribution in [3.8, 4) is 0 Å². The highest BCUT2D eigenvalue weighted by Crippen LogP contribution is 2.41. The summed E-state index contributed by atoms with van der Waals surface area (Å²) in [5, 5.41) is 0.113. The van der Waals surface area contributed by atoms with Crippen LogP contribution < -0.4 is 0 Å². The summed E-state index contributed by atoms with van der Waals surface area (Å²) >= 11 is 0. The van der Waals surface area contributed by atoms with Gasteiger partial charge in [-0.2, -0.15) is 8.42 Å². The van der Waals surface area contributed by atoms with E-state index in [-0.39, 0.29) is 22.1 Å². The van der Waals surface area contributed by atoms with Crippen molar-refractivity contribution >= 4 is 18.4 Å². The van der Waals surface area contributed by atoms with Gasteiger partial charge in [-0.15, -0.1) is 0 Å². The van der Waals surface area contributed by atoms with E-state index < -0.39 is 18.4 Å². The molecule has 1 aromatic rings. The van der Waals surface area contributed by atoms with Crippen molar-refractivity contribution < 1.29 is 17.0 Å². The highest BCUT2D eigenvalue weighted by Gasteiger charge is 2.42. The Morgan fingerprint density at radius 1 is 1.04 bits per heavy atom. The first-order chi connectivity index (χ1) is 12.3. The zero-order valence-corrected chi connectivity index (χ0v) is 19.9. The minimum Gasteiger partial charge on any atom is -0.408 e. The fraction of sp³-hybridized carbons (Fsp3) is 0.619. The maximum Gasteiger partial charge on any atom is 0.297 e. The van der Waals surface area contributed by atoms with E-state index in [4.69, 9.17) is 8.61 Å². The number of benzene rings is 1. The van der Waals surface area contributed by atoms with Crippen molar-refractivity contribution in [2.75, 3.05) is 6.61 Å². The van der Waals surface area contributed by atoms with Gasteiger partial charge in [0.2, 0.25) is 0 Å². The molecule has 0 bridgehead atoms. The smallest absolute Gasteiger partial charge is 0.297 e. The summed E-state index contributed by atoms with van der Waals surface area (Å²) in [7, 11) is -5.70. The summed E-state index contributed by atoms with van der Waals surface area (Å²) in [6.45, 7) is 17.2. The van der Waals surface area contributed by atoms with Crippen LogP contribution in [0.25, 0.3) is 0 Å². The lowest BCUT2D eigenvalue weighted by molar-refractivity contribution is 0.0929. The molecule has 6 heteroatoms. The molecule has 0 aliphatic carbocycles. The minimum absolute atomic E-state index is 0.00117. The Bertz CT molecular complexity index is 724. The SMILES string of the molecule is CCC(C=CCOS(=O)(=O)c1ccc(C)cc1)(CC)O[Si](C)(C)C(C)(C)C. The zero-order chi connectivity index (χ0) is 20.9. The first-order valence-corrected chi connectivity index (χ1v) is 13.9. The topological polar surface area (TPSA) is 52.6 Å². The molecule has 0 spiro atoms. The van der Waals surface area contributed by atoms with Gasteiger partial charge in [0.1, 0.15) is 0 Å². The molecule has 0 radical (unpaired) electrons. The molecule has 0 saturated carbocycles. The van der Waals surface area contributed by atoms with Crippen molar-refractivity contribution in [2.24, 2.45) is 0 Å². The van der Waals surface area contributed by atoms with Gasteiger partial charge in [0.05, 0.1) is 17.1 Å². The third-order valence-electron chi connectivity index (χ3n) is 5.51. The van der Waals surface area contributed by atoms with Crippen LogP contribution in [0.2, 0.25) is 18.1 Å². The lowest BCUT2D eigenvalue weighted by atomic mass is 9.97. The van der Waals surface area contributed by atoms with E-state index >= 15 is 0 Å². The molecule has 0 aromatic heterocycles. The van der Waals surface area contributed by atoms with Crippen molar-refractivity contribution in [3.63, 3.8) is 0 Å². The molecule has 0 fully saturated rings. The van der Waals surface area contributed by atoms with Gasteiger partial charge in [0.15, 0.2) is 8.32 Å². The van der Waals surface area contributed by atoms with Crippen LogP contribution in [0.5, 0.6) is 0 Å². The Balaban J connectivity index is 2.86. The predicted molar refractivity (Wildman–Crippen MR) is 115 cm³/mol. The molecular formula is C21H36O4SSi. The van der Waals surface area contributed by atoms with Crippen molar-refractivity contribution in [1.29, 1.82) is 0 Å². The normalized spacial score (nSPS) is 14.1. The van der Waals surface area contributed by atoms with Crippen molar-refractivity contribution in [3.05, 3.63) is 42.0 Å². The van der Waals surface area contributed by atoms with Gasteiger partial charge < -0.3 is 4.43 Å². The van der Waals surface area contributed by atoms with Gasteiger partial charge in [0.25, 0.3) is 10.1 Å². The second-order valence-electron chi connectivity index (χ2n) is 8.59. The van der Waals surface area contributed by atoms with Gasteiger partial charge in [-0.05, 0) is 50.0 Å². The van der Waals surface area contributed by atoms with E-state index in [0.29, 0.717) is 0 Å². The van der Waals surface area contributed by atoms with Gasteiger partial charge in [-0.3, -0.25) is 4.18 Å². The largest absolute Gasteiger partial charge is 0.408 e. The molecule has 0 amide bonds. The van der Waals surface area contributed by atoms with Crippen LogP contribution in [0.4, 0.5) is 0 Å². The molecule has 0 aliphatic rings. The van der Waals surface area contributed by atoms with Crippen LogP contribution >= 0.6 is 0 Å². The molecule has 0 heterocycles. The van der Waals surface area contributed by atoms with E-state index in [1.807, 2.05) is 13.0 Å². The average molecular weight is 413 g/mol. The highest BCUT2D eigenvalue weighted by atomic mass is 32.2. The number of hydrogen-bond acceptors (Lipinski definition) is 4. The molecule has 0 unspecified atom stereocenters. The summed E-state index contributed by atoms with van der Waals surface area (Å²) in [4.78, 5) is 0.177. The summed E-state index contributed by atoms with van der Waals surface area (Å²) in [5.74, 6) is 0. The van der Waals surface area contributed by atoms with Gasteiger partial charge >= 0.3 is 0 Å². The van der Waals surface area contributed by atoms with Crippen LogP contribution in [-0.2, 0) is 18.7 Å². The van der Waals surface area contributed by atoms with Crippen LogP contribution in [0.15, 0.2) is 41.3 Å². The Morgan fingerprint density at radius 2 is 1.56 bits per heavy atom. The molecule has 0 saturated heterocycles. The zero-order valence-electron chi connectivity index (χ0n) is 18.1. The lowest BCUT2D eigenvalue weighted by Crippen LogP contribution is -2.48. The highest BCUT2D eigenvalue weighted by molar-refractivity contribution is 7.86. The maximum absolute atomic E-state index is 12.3. The van der Waals surface area contributed by atoms with E-state index in [1.54, 1.807) is 30.3 Å². The molecule has 0 atom stereocenters. The van der Waals surface area contributed by atoms with Crippen LogP contribution in [0.3, 0.4) is 0 Å². The maximum atomic E-state index is 12.3. The first kappa shape index (κ1) is 24.1. The third-order valence-corrected chi connectivity index (χ3v) is 11.3. The summed E-state index contributed by atoms with van der Waals surface area (Å²) in [6, 6.07) is 6.66. The number of aryl methyl sites for hydroxylation is 1. The molecule has 0 aliphatic heterocycles. The van der Waals surface area contributed by atoms with Crippen LogP contribution in [-0.4, -0.2) is 28.9 Å². The quantitative estimate of drug-likeness (QED) is 0.290.